The number of methoxy groups -OCH3 is 1. The highest BCUT2D eigenvalue weighted by atomic mass is 16.6. The predicted octanol–water partition coefficient (Wildman–Crippen LogP) is 4.98. The van der Waals surface area contributed by atoms with E-state index in [0.29, 0.717) is 22.4 Å². The van der Waals surface area contributed by atoms with Gasteiger partial charge in [0.25, 0.3) is 0 Å². The zero-order valence-electron chi connectivity index (χ0n) is 18.7. The molecule has 0 amide bonds. The zero-order chi connectivity index (χ0) is 24.5. The Balaban J connectivity index is 1.72. The largest absolute Gasteiger partial charge is 0.507 e. The van der Waals surface area contributed by atoms with Crippen LogP contribution in [0.15, 0.2) is 93.7 Å². The second-order valence-corrected chi connectivity index (χ2v) is 8.03. The van der Waals surface area contributed by atoms with Gasteiger partial charge in [-0.25, -0.2) is 4.79 Å². The molecule has 2 atom stereocenters. The highest BCUT2D eigenvalue weighted by Crippen LogP contribution is 2.43. The van der Waals surface area contributed by atoms with Crippen molar-refractivity contribution < 1.29 is 29.2 Å². The number of aliphatic hydroxyl groups is 2. The van der Waals surface area contributed by atoms with Crippen LogP contribution in [-0.2, 0) is 0 Å². The van der Waals surface area contributed by atoms with Crippen molar-refractivity contribution in [2.24, 2.45) is 0 Å². The lowest BCUT2D eigenvalue weighted by Crippen LogP contribution is -2.29. The molecule has 5 rings (SSSR count). The molecule has 0 fully saturated rings. The molecule has 0 spiro atoms. The summed E-state index contributed by atoms with van der Waals surface area (Å²) in [7, 11) is 1.57. The van der Waals surface area contributed by atoms with Crippen molar-refractivity contribution >= 4 is 22.8 Å². The summed E-state index contributed by atoms with van der Waals surface area (Å²) >= 11 is 0. The lowest BCUT2D eigenvalue weighted by Gasteiger charge is -2.29. The minimum Gasteiger partial charge on any atom is -0.507 e. The number of aromatic hydroxyl groups is 1. The maximum Gasteiger partial charge on any atom is 0.344 e. The van der Waals surface area contributed by atoms with E-state index in [0.717, 1.165) is 5.56 Å². The van der Waals surface area contributed by atoms with E-state index >= 15 is 0 Å². The van der Waals surface area contributed by atoms with Crippen LogP contribution in [0.2, 0.25) is 0 Å². The van der Waals surface area contributed by atoms with E-state index in [-0.39, 0.29) is 28.2 Å². The Kier molecular flexibility index (Phi) is 5.76. The first-order valence-corrected chi connectivity index (χ1v) is 10.9. The summed E-state index contributed by atoms with van der Waals surface area (Å²) in [6.45, 7) is 0. The number of fused-ring (bicyclic) bond motifs is 2. The molecule has 3 N–H and O–H groups in total. The van der Waals surface area contributed by atoms with Crippen LogP contribution in [0.1, 0.15) is 22.6 Å². The van der Waals surface area contributed by atoms with Crippen LogP contribution in [0.25, 0.3) is 22.8 Å². The Morgan fingerprint density at radius 3 is 2.46 bits per heavy atom. The molecule has 2 heterocycles. The number of allylic oxidation sites excluding steroid dienone is 1. The molecule has 0 saturated heterocycles. The number of para-hydroxylation sites is 2. The SMILES string of the molecule is COc1ccc(/C=C/C(C2=C(O)c3ccccc3OC2O)c2c(O)c3ccccc3oc2=O)cc1. The van der Waals surface area contributed by atoms with Gasteiger partial charge in [-0.15, -0.1) is 0 Å². The van der Waals surface area contributed by atoms with Crippen molar-refractivity contribution in [3.63, 3.8) is 0 Å². The summed E-state index contributed by atoms with van der Waals surface area (Å²) in [5.41, 5.74) is 0.438. The van der Waals surface area contributed by atoms with Gasteiger partial charge in [-0.05, 0) is 42.0 Å². The lowest BCUT2D eigenvalue weighted by atomic mass is 9.86. The molecule has 0 bridgehead atoms. The monoisotopic (exact) mass is 470 g/mol. The van der Waals surface area contributed by atoms with Gasteiger partial charge in [0.2, 0.25) is 6.29 Å². The summed E-state index contributed by atoms with van der Waals surface area (Å²) in [5, 5.41) is 33.5. The van der Waals surface area contributed by atoms with Gasteiger partial charge in [0.05, 0.1) is 29.2 Å². The standard InChI is InChI=1S/C28H22O7/c1-33-17-13-10-16(11-14-17)12-15-20(23-25(29)18-6-2-4-8-21(18)34-27(23)31)24-26(30)19-7-3-5-9-22(19)35-28(24)32/h2-15,20,27,29-31H,1H3/b15-12+. The number of benzene rings is 3. The molecule has 1 aliphatic rings. The number of aliphatic hydroxyl groups excluding tert-OH is 2. The van der Waals surface area contributed by atoms with Crippen LogP contribution < -0.4 is 15.1 Å². The smallest absolute Gasteiger partial charge is 0.344 e. The second kappa shape index (κ2) is 9.04. The highest BCUT2D eigenvalue weighted by molar-refractivity contribution is 5.85. The number of ether oxygens (including phenoxy) is 2. The van der Waals surface area contributed by atoms with E-state index in [2.05, 4.69) is 0 Å². The van der Waals surface area contributed by atoms with Crippen molar-refractivity contribution in [2.75, 3.05) is 7.11 Å². The number of rotatable bonds is 5. The van der Waals surface area contributed by atoms with Crippen molar-refractivity contribution in [3.05, 3.63) is 112 Å². The summed E-state index contributed by atoms with van der Waals surface area (Å²) in [4.78, 5) is 13.1. The minimum absolute atomic E-state index is 0.00587. The zero-order valence-corrected chi connectivity index (χ0v) is 18.7. The number of hydrogen-bond donors (Lipinski definition) is 3. The minimum atomic E-state index is -1.57. The molecule has 7 heteroatoms. The van der Waals surface area contributed by atoms with E-state index in [1.54, 1.807) is 79.9 Å². The molecule has 0 radical (unpaired) electrons. The van der Waals surface area contributed by atoms with E-state index in [1.165, 1.54) is 0 Å². The average Bonchev–Trinajstić information content (AvgIpc) is 2.87. The van der Waals surface area contributed by atoms with Crippen molar-refractivity contribution in [1.82, 2.24) is 0 Å². The van der Waals surface area contributed by atoms with Gasteiger partial charge in [0.1, 0.15) is 28.6 Å². The van der Waals surface area contributed by atoms with Gasteiger partial charge in [-0.2, -0.15) is 0 Å². The molecule has 176 valence electrons. The van der Waals surface area contributed by atoms with Crippen LogP contribution in [0.5, 0.6) is 17.2 Å². The van der Waals surface area contributed by atoms with Crippen LogP contribution >= 0.6 is 0 Å². The van der Waals surface area contributed by atoms with Crippen molar-refractivity contribution in [2.45, 2.75) is 12.2 Å². The third-order valence-corrected chi connectivity index (χ3v) is 5.98. The molecular formula is C28H22O7. The Morgan fingerprint density at radius 1 is 0.971 bits per heavy atom. The topological polar surface area (TPSA) is 109 Å². The lowest BCUT2D eigenvalue weighted by molar-refractivity contribution is 0.00666. The molecule has 0 saturated carbocycles. The first-order valence-electron chi connectivity index (χ1n) is 10.9. The molecule has 35 heavy (non-hydrogen) atoms. The summed E-state index contributed by atoms with van der Waals surface area (Å²) in [5.74, 6) is -0.627. The molecule has 3 aromatic carbocycles. The molecule has 0 aliphatic carbocycles. The Morgan fingerprint density at radius 2 is 1.69 bits per heavy atom. The fourth-order valence-corrected chi connectivity index (χ4v) is 4.22. The van der Waals surface area contributed by atoms with E-state index in [4.69, 9.17) is 13.9 Å². The average molecular weight is 470 g/mol. The molecule has 1 aliphatic heterocycles. The normalized spacial score (nSPS) is 16.2. The quantitative estimate of drug-likeness (QED) is 0.353. The van der Waals surface area contributed by atoms with Gasteiger partial charge in [0.15, 0.2) is 0 Å². The predicted molar refractivity (Wildman–Crippen MR) is 132 cm³/mol. The third-order valence-electron chi connectivity index (χ3n) is 5.98. The molecule has 2 unspecified atom stereocenters. The maximum atomic E-state index is 13.1. The van der Waals surface area contributed by atoms with Crippen molar-refractivity contribution in [3.8, 4) is 17.2 Å². The summed E-state index contributed by atoms with van der Waals surface area (Å²) in [6.07, 6.45) is 1.75. The first kappa shape index (κ1) is 22.3. The maximum absolute atomic E-state index is 13.1. The first-order chi connectivity index (χ1) is 17.0. The Hall–Kier alpha value is -4.49. The van der Waals surface area contributed by atoms with Crippen LogP contribution in [0.4, 0.5) is 0 Å². The summed E-state index contributed by atoms with van der Waals surface area (Å²) < 4.78 is 16.3. The van der Waals surface area contributed by atoms with Crippen LogP contribution in [0.3, 0.4) is 0 Å². The van der Waals surface area contributed by atoms with E-state index in [1.807, 2.05) is 12.1 Å². The second-order valence-electron chi connectivity index (χ2n) is 8.03. The fourth-order valence-electron chi connectivity index (χ4n) is 4.22. The van der Waals surface area contributed by atoms with Gasteiger partial charge in [-0.3, -0.25) is 0 Å². The summed E-state index contributed by atoms with van der Waals surface area (Å²) in [6, 6.07) is 20.5. The molecule has 1 aromatic heterocycles. The highest BCUT2D eigenvalue weighted by Gasteiger charge is 2.35. The molecular weight excluding hydrogens is 448 g/mol. The molecule has 4 aromatic rings. The van der Waals surface area contributed by atoms with Crippen LogP contribution in [-0.4, -0.2) is 28.7 Å². The van der Waals surface area contributed by atoms with Gasteiger partial charge in [-0.1, -0.05) is 48.6 Å². The number of hydrogen-bond acceptors (Lipinski definition) is 7. The van der Waals surface area contributed by atoms with Gasteiger partial charge >= 0.3 is 5.63 Å². The Labute approximate surface area is 200 Å². The fraction of sp³-hybridized carbons (Fsp3) is 0.107. The third kappa shape index (κ3) is 4.02. The Bertz CT molecular complexity index is 1510. The van der Waals surface area contributed by atoms with E-state index < -0.39 is 17.8 Å². The molecule has 7 nitrogen and oxygen atoms in total. The van der Waals surface area contributed by atoms with Gasteiger partial charge in [0, 0.05) is 5.92 Å². The van der Waals surface area contributed by atoms with Gasteiger partial charge < -0.3 is 29.2 Å². The van der Waals surface area contributed by atoms with Crippen molar-refractivity contribution in [1.29, 1.82) is 0 Å². The van der Waals surface area contributed by atoms with Crippen LogP contribution in [0, 0.1) is 0 Å². The van der Waals surface area contributed by atoms with E-state index in [9.17, 15) is 20.1 Å².